The molecule has 0 rings (SSSR count). The van der Waals surface area contributed by atoms with E-state index in [1.165, 1.54) is 0 Å². The summed E-state index contributed by atoms with van der Waals surface area (Å²) in [7, 11) is 3.30. The maximum absolute atomic E-state index is 12.2. The van der Waals surface area contributed by atoms with Crippen LogP contribution in [-0.2, 0) is 14.3 Å². The van der Waals surface area contributed by atoms with Gasteiger partial charge in [0, 0.05) is 46.2 Å². The maximum atomic E-state index is 12.2. The molecule has 0 aliphatic heterocycles. The van der Waals surface area contributed by atoms with Crippen LogP contribution in [0.5, 0.6) is 0 Å². The Morgan fingerprint density at radius 2 is 1.62 bits per heavy atom. The zero-order valence-corrected chi connectivity index (χ0v) is 15.4. The van der Waals surface area contributed by atoms with Crippen molar-refractivity contribution in [2.24, 2.45) is 0 Å². The van der Waals surface area contributed by atoms with Gasteiger partial charge in [0.05, 0.1) is 0 Å². The van der Waals surface area contributed by atoms with Crippen molar-refractivity contribution in [2.45, 2.75) is 39.5 Å². The highest BCUT2D eigenvalue weighted by Gasteiger charge is 2.13. The SMILES string of the molecule is CCC(/C=C(\CC)NCCCOC)=C(\C#N)C(=O)NCCCOC. The van der Waals surface area contributed by atoms with Crippen LogP contribution in [0.4, 0.5) is 0 Å². The van der Waals surface area contributed by atoms with Crippen LogP contribution in [0, 0.1) is 11.3 Å². The summed E-state index contributed by atoms with van der Waals surface area (Å²) < 4.78 is 9.97. The fraction of sp³-hybridized carbons (Fsp3) is 0.667. The summed E-state index contributed by atoms with van der Waals surface area (Å²) in [5, 5.41) is 15.5. The summed E-state index contributed by atoms with van der Waals surface area (Å²) in [5.41, 5.74) is 1.94. The van der Waals surface area contributed by atoms with Crippen LogP contribution in [0.2, 0.25) is 0 Å². The minimum Gasteiger partial charge on any atom is -0.388 e. The van der Waals surface area contributed by atoms with E-state index >= 15 is 0 Å². The predicted molar refractivity (Wildman–Crippen MR) is 95.3 cm³/mol. The Balaban J connectivity index is 4.96. The van der Waals surface area contributed by atoms with Gasteiger partial charge >= 0.3 is 0 Å². The molecule has 0 aromatic heterocycles. The molecule has 0 atom stereocenters. The van der Waals surface area contributed by atoms with E-state index in [0.29, 0.717) is 26.2 Å². The number of carbonyl (C=O) groups is 1. The van der Waals surface area contributed by atoms with E-state index in [1.807, 2.05) is 26.0 Å². The number of nitrogens with zero attached hydrogens (tertiary/aromatic N) is 1. The third-order valence-corrected chi connectivity index (χ3v) is 3.46. The Morgan fingerprint density at radius 1 is 1.04 bits per heavy atom. The first-order valence-electron chi connectivity index (χ1n) is 8.48. The molecule has 2 N–H and O–H groups in total. The fourth-order valence-corrected chi connectivity index (χ4v) is 2.08. The van der Waals surface area contributed by atoms with Gasteiger partial charge in [0.15, 0.2) is 0 Å². The van der Waals surface area contributed by atoms with Gasteiger partial charge in [-0.25, -0.2) is 0 Å². The van der Waals surface area contributed by atoms with Crippen LogP contribution in [0.15, 0.2) is 22.9 Å². The number of hydrogen-bond acceptors (Lipinski definition) is 5. The van der Waals surface area contributed by atoms with E-state index in [1.54, 1.807) is 14.2 Å². The van der Waals surface area contributed by atoms with E-state index in [9.17, 15) is 10.1 Å². The van der Waals surface area contributed by atoms with Crippen molar-refractivity contribution >= 4 is 5.91 Å². The lowest BCUT2D eigenvalue weighted by Crippen LogP contribution is -2.27. The predicted octanol–water partition coefficient (Wildman–Crippen LogP) is 2.29. The van der Waals surface area contributed by atoms with E-state index in [2.05, 4.69) is 10.6 Å². The summed E-state index contributed by atoms with van der Waals surface area (Å²) in [6, 6.07) is 2.04. The molecule has 0 aromatic rings. The van der Waals surface area contributed by atoms with Gasteiger partial charge in [-0.3, -0.25) is 4.79 Å². The van der Waals surface area contributed by atoms with Crippen LogP contribution in [0.3, 0.4) is 0 Å². The van der Waals surface area contributed by atoms with Gasteiger partial charge in [0.1, 0.15) is 11.6 Å². The van der Waals surface area contributed by atoms with Gasteiger partial charge in [-0.15, -0.1) is 0 Å². The normalized spacial score (nSPS) is 12.4. The summed E-state index contributed by atoms with van der Waals surface area (Å²) in [5.74, 6) is -0.323. The first kappa shape index (κ1) is 22.2. The number of amides is 1. The molecule has 0 aliphatic carbocycles. The van der Waals surface area contributed by atoms with Crippen molar-refractivity contribution in [1.29, 1.82) is 5.26 Å². The van der Waals surface area contributed by atoms with Gasteiger partial charge in [-0.2, -0.15) is 5.26 Å². The monoisotopic (exact) mass is 337 g/mol. The molecule has 24 heavy (non-hydrogen) atoms. The molecule has 136 valence electrons. The van der Waals surface area contributed by atoms with Crippen molar-refractivity contribution in [3.63, 3.8) is 0 Å². The van der Waals surface area contributed by atoms with Crippen molar-refractivity contribution in [3.05, 3.63) is 22.9 Å². The topological polar surface area (TPSA) is 83.4 Å². The molecule has 6 nitrogen and oxygen atoms in total. The first-order chi connectivity index (χ1) is 11.6. The van der Waals surface area contributed by atoms with Crippen molar-refractivity contribution in [2.75, 3.05) is 40.5 Å². The van der Waals surface area contributed by atoms with E-state index in [0.717, 1.165) is 37.1 Å². The average molecular weight is 337 g/mol. The number of hydrogen-bond donors (Lipinski definition) is 2. The number of nitrogens with one attached hydrogen (secondary N) is 2. The Morgan fingerprint density at radius 3 is 2.08 bits per heavy atom. The molecule has 0 fully saturated rings. The lowest BCUT2D eigenvalue weighted by Gasteiger charge is -2.11. The first-order valence-corrected chi connectivity index (χ1v) is 8.48. The lowest BCUT2D eigenvalue weighted by atomic mass is 10.0. The molecule has 0 aromatic carbocycles. The number of methoxy groups -OCH3 is 2. The third kappa shape index (κ3) is 9.33. The van der Waals surface area contributed by atoms with Crippen LogP contribution >= 0.6 is 0 Å². The van der Waals surface area contributed by atoms with Crippen molar-refractivity contribution < 1.29 is 14.3 Å². The second-order valence-electron chi connectivity index (χ2n) is 5.26. The Kier molecular flexibility index (Phi) is 13.6. The number of rotatable bonds is 13. The van der Waals surface area contributed by atoms with Crippen LogP contribution in [0.1, 0.15) is 39.5 Å². The minimum atomic E-state index is -0.323. The maximum Gasteiger partial charge on any atom is 0.262 e. The Labute approximate surface area is 145 Å². The van der Waals surface area contributed by atoms with Gasteiger partial charge in [0.2, 0.25) is 0 Å². The third-order valence-electron chi connectivity index (χ3n) is 3.46. The summed E-state index contributed by atoms with van der Waals surface area (Å²) in [4.78, 5) is 12.2. The number of ether oxygens (including phenoxy) is 2. The quantitative estimate of drug-likeness (QED) is 0.233. The second kappa shape index (κ2) is 14.7. The zero-order valence-electron chi connectivity index (χ0n) is 15.4. The van der Waals surface area contributed by atoms with Crippen LogP contribution in [0.25, 0.3) is 0 Å². The second-order valence-corrected chi connectivity index (χ2v) is 5.26. The summed E-state index contributed by atoms with van der Waals surface area (Å²) >= 11 is 0. The molecule has 0 heterocycles. The van der Waals surface area contributed by atoms with Gasteiger partial charge in [-0.05, 0) is 37.3 Å². The number of carbonyl (C=O) groups excluding carboxylic acids is 1. The summed E-state index contributed by atoms with van der Waals surface area (Å²) in [6.07, 6.45) is 4.98. The van der Waals surface area contributed by atoms with Gasteiger partial charge in [0.25, 0.3) is 5.91 Å². The number of allylic oxidation sites excluding steroid dienone is 3. The zero-order chi connectivity index (χ0) is 18.2. The molecular formula is C18H31N3O3. The van der Waals surface area contributed by atoms with Crippen LogP contribution < -0.4 is 10.6 Å². The van der Waals surface area contributed by atoms with E-state index in [4.69, 9.17) is 9.47 Å². The smallest absolute Gasteiger partial charge is 0.262 e. The van der Waals surface area contributed by atoms with Gasteiger partial charge < -0.3 is 20.1 Å². The molecule has 0 unspecified atom stereocenters. The summed E-state index contributed by atoms with van der Waals surface area (Å²) in [6.45, 7) is 6.56. The Bertz CT molecular complexity index is 465. The molecule has 1 amide bonds. The standard InChI is InChI=1S/C18H31N3O3/c1-5-15(13-16(6-2)20-9-7-11-23-3)17(14-19)18(22)21-10-8-12-24-4/h13,20H,5-12H2,1-4H3,(H,21,22)/b16-13+,17-15-. The van der Waals surface area contributed by atoms with Crippen molar-refractivity contribution in [1.82, 2.24) is 10.6 Å². The molecule has 0 saturated heterocycles. The largest absolute Gasteiger partial charge is 0.388 e. The molecule has 0 bridgehead atoms. The number of nitriles is 1. The van der Waals surface area contributed by atoms with E-state index < -0.39 is 0 Å². The molecule has 0 saturated carbocycles. The van der Waals surface area contributed by atoms with E-state index in [-0.39, 0.29) is 11.5 Å². The molecular weight excluding hydrogens is 306 g/mol. The Hall–Kier alpha value is -1.84. The highest BCUT2D eigenvalue weighted by Crippen LogP contribution is 2.13. The highest BCUT2D eigenvalue weighted by atomic mass is 16.5. The molecule has 0 radical (unpaired) electrons. The average Bonchev–Trinajstić information content (AvgIpc) is 2.60. The van der Waals surface area contributed by atoms with Crippen molar-refractivity contribution in [3.8, 4) is 6.07 Å². The molecule has 0 aliphatic rings. The fourth-order valence-electron chi connectivity index (χ4n) is 2.08. The molecule has 0 spiro atoms. The van der Waals surface area contributed by atoms with Crippen LogP contribution in [-0.4, -0.2) is 46.4 Å². The highest BCUT2D eigenvalue weighted by molar-refractivity contribution is 5.98. The molecule has 6 heteroatoms. The van der Waals surface area contributed by atoms with Gasteiger partial charge in [-0.1, -0.05) is 13.8 Å². The lowest BCUT2D eigenvalue weighted by molar-refractivity contribution is -0.117. The minimum absolute atomic E-state index is 0.180.